The fourth-order valence-electron chi connectivity index (χ4n) is 2.72. The summed E-state index contributed by atoms with van der Waals surface area (Å²) in [6, 6.07) is 22.1. The smallest absolute Gasteiger partial charge is 0.124 e. The molecule has 0 aliphatic rings. The first-order valence-corrected chi connectivity index (χ1v) is 10.3. The third-order valence-electron chi connectivity index (χ3n) is 4.15. The lowest BCUT2D eigenvalue weighted by atomic mass is 10.1. The summed E-state index contributed by atoms with van der Waals surface area (Å²) in [6.45, 7) is 2.08. The Morgan fingerprint density at radius 2 is 1.67 bits per heavy atom. The number of halogens is 3. The lowest BCUT2D eigenvalue weighted by Crippen LogP contribution is -2.17. The lowest BCUT2D eigenvalue weighted by Gasteiger charge is -2.13. The molecule has 0 bridgehead atoms. The van der Waals surface area contributed by atoms with Crippen molar-refractivity contribution in [1.82, 2.24) is 5.32 Å². The van der Waals surface area contributed by atoms with Gasteiger partial charge in [-0.25, -0.2) is 0 Å². The third kappa shape index (κ3) is 6.25. The van der Waals surface area contributed by atoms with Crippen LogP contribution in [0.3, 0.4) is 0 Å². The zero-order valence-corrected chi connectivity index (χ0v) is 17.8. The van der Waals surface area contributed by atoms with Gasteiger partial charge in [0.05, 0.1) is 10.0 Å². The van der Waals surface area contributed by atoms with E-state index in [1.165, 1.54) is 5.56 Å². The van der Waals surface area contributed by atoms with Crippen LogP contribution >= 0.6 is 39.1 Å². The molecule has 2 nitrogen and oxygen atoms in total. The maximum atomic E-state index is 6.08. The Bertz CT molecular complexity index is 887. The SMILES string of the molecule is Clc1ccc(COc2ccc(Br)cc2CNCCc2ccccc2)cc1Cl. The number of rotatable bonds is 8. The highest BCUT2D eigenvalue weighted by atomic mass is 79.9. The molecule has 0 atom stereocenters. The van der Waals surface area contributed by atoms with Gasteiger partial charge in [-0.2, -0.15) is 0 Å². The molecule has 0 amide bonds. The van der Waals surface area contributed by atoms with Crippen molar-refractivity contribution in [3.05, 3.63) is 97.9 Å². The summed E-state index contributed by atoms with van der Waals surface area (Å²) in [6.07, 6.45) is 0.994. The van der Waals surface area contributed by atoms with Crippen LogP contribution in [0, 0.1) is 0 Å². The highest BCUT2D eigenvalue weighted by Gasteiger charge is 2.07. The summed E-state index contributed by atoms with van der Waals surface area (Å²) in [5.74, 6) is 0.858. The Labute approximate surface area is 178 Å². The monoisotopic (exact) mass is 463 g/mol. The molecule has 3 aromatic carbocycles. The minimum atomic E-state index is 0.440. The average Bonchev–Trinajstić information content (AvgIpc) is 2.68. The molecule has 0 radical (unpaired) electrons. The number of hydrogen-bond acceptors (Lipinski definition) is 2. The van der Waals surface area contributed by atoms with Gasteiger partial charge in [0.25, 0.3) is 0 Å². The Morgan fingerprint density at radius 1 is 0.852 bits per heavy atom. The largest absolute Gasteiger partial charge is 0.489 e. The molecule has 27 heavy (non-hydrogen) atoms. The Morgan fingerprint density at radius 3 is 2.44 bits per heavy atom. The van der Waals surface area contributed by atoms with Crippen LogP contribution in [0.4, 0.5) is 0 Å². The first-order valence-electron chi connectivity index (χ1n) is 8.71. The summed E-state index contributed by atoms with van der Waals surface area (Å²) in [4.78, 5) is 0. The number of nitrogens with one attached hydrogen (secondary N) is 1. The van der Waals surface area contributed by atoms with Crippen molar-refractivity contribution in [2.75, 3.05) is 6.54 Å². The summed E-state index contributed by atoms with van der Waals surface area (Å²) in [7, 11) is 0. The van der Waals surface area contributed by atoms with Crippen LogP contribution in [-0.4, -0.2) is 6.54 Å². The van der Waals surface area contributed by atoms with Crippen LogP contribution in [0.2, 0.25) is 10.0 Å². The molecule has 0 heterocycles. The van der Waals surface area contributed by atoms with E-state index in [-0.39, 0.29) is 0 Å². The predicted octanol–water partition coefficient (Wildman–Crippen LogP) is 6.67. The van der Waals surface area contributed by atoms with Gasteiger partial charge in [0, 0.05) is 16.6 Å². The van der Waals surface area contributed by atoms with Gasteiger partial charge in [-0.15, -0.1) is 0 Å². The quantitative estimate of drug-likeness (QED) is 0.376. The maximum absolute atomic E-state index is 6.08. The summed E-state index contributed by atoms with van der Waals surface area (Å²) in [5.41, 5.74) is 3.42. The first-order chi connectivity index (χ1) is 13.1. The van der Waals surface area contributed by atoms with Crippen molar-refractivity contribution in [3.8, 4) is 5.75 Å². The van der Waals surface area contributed by atoms with Gasteiger partial charge in [-0.1, -0.05) is 75.5 Å². The fraction of sp³-hybridized carbons (Fsp3) is 0.182. The fourth-order valence-corrected chi connectivity index (χ4v) is 3.45. The molecule has 3 aromatic rings. The average molecular weight is 465 g/mol. The zero-order chi connectivity index (χ0) is 19.1. The van der Waals surface area contributed by atoms with Crippen molar-refractivity contribution < 1.29 is 4.74 Å². The minimum absolute atomic E-state index is 0.440. The van der Waals surface area contributed by atoms with Crippen molar-refractivity contribution in [1.29, 1.82) is 0 Å². The van der Waals surface area contributed by atoms with E-state index in [0.29, 0.717) is 16.7 Å². The van der Waals surface area contributed by atoms with Crippen LogP contribution in [0.15, 0.2) is 71.2 Å². The highest BCUT2D eigenvalue weighted by Crippen LogP contribution is 2.26. The summed E-state index contributed by atoms with van der Waals surface area (Å²) < 4.78 is 7.06. The second kappa shape index (κ2) is 10.1. The van der Waals surface area contributed by atoms with Crippen molar-refractivity contribution in [3.63, 3.8) is 0 Å². The van der Waals surface area contributed by atoms with Crippen LogP contribution in [0.1, 0.15) is 16.7 Å². The van der Waals surface area contributed by atoms with Crippen LogP contribution in [0.5, 0.6) is 5.75 Å². The van der Waals surface area contributed by atoms with E-state index >= 15 is 0 Å². The molecule has 140 valence electrons. The van der Waals surface area contributed by atoms with Gasteiger partial charge in [0.1, 0.15) is 12.4 Å². The molecular weight excluding hydrogens is 445 g/mol. The summed E-state index contributed by atoms with van der Waals surface area (Å²) >= 11 is 15.6. The van der Waals surface area contributed by atoms with Crippen LogP contribution in [-0.2, 0) is 19.6 Å². The molecule has 0 saturated carbocycles. The van der Waals surface area contributed by atoms with Crippen molar-refractivity contribution >= 4 is 39.1 Å². The van der Waals surface area contributed by atoms with Crippen molar-refractivity contribution in [2.24, 2.45) is 0 Å². The Hall–Kier alpha value is -1.52. The molecule has 3 rings (SSSR count). The lowest BCUT2D eigenvalue weighted by molar-refractivity contribution is 0.302. The molecule has 0 aliphatic heterocycles. The molecular formula is C22H20BrCl2NO. The molecule has 0 aliphatic carbocycles. The molecule has 0 fully saturated rings. The first kappa shape index (κ1) is 20.2. The van der Waals surface area contributed by atoms with E-state index in [9.17, 15) is 0 Å². The number of hydrogen-bond donors (Lipinski definition) is 1. The molecule has 5 heteroatoms. The molecule has 1 N–H and O–H groups in total. The summed E-state index contributed by atoms with van der Waals surface area (Å²) in [5, 5.41) is 4.58. The Balaban J connectivity index is 1.58. The van der Waals surface area contributed by atoms with E-state index in [2.05, 4.69) is 51.6 Å². The van der Waals surface area contributed by atoms with E-state index < -0.39 is 0 Å². The molecule has 0 unspecified atom stereocenters. The van der Waals surface area contributed by atoms with Gasteiger partial charge in [0.15, 0.2) is 0 Å². The topological polar surface area (TPSA) is 21.3 Å². The van der Waals surface area contributed by atoms with Gasteiger partial charge in [-0.05, 0) is 54.4 Å². The van der Waals surface area contributed by atoms with Gasteiger partial charge in [-0.3, -0.25) is 0 Å². The normalized spacial score (nSPS) is 10.8. The minimum Gasteiger partial charge on any atom is -0.489 e. The third-order valence-corrected chi connectivity index (χ3v) is 5.38. The van der Waals surface area contributed by atoms with Gasteiger partial charge in [0.2, 0.25) is 0 Å². The molecule has 0 aromatic heterocycles. The van der Waals surface area contributed by atoms with Crippen LogP contribution in [0.25, 0.3) is 0 Å². The highest BCUT2D eigenvalue weighted by molar-refractivity contribution is 9.10. The number of benzene rings is 3. The van der Waals surface area contributed by atoms with Crippen molar-refractivity contribution in [2.45, 2.75) is 19.6 Å². The number of ether oxygens (including phenoxy) is 1. The second-order valence-corrected chi connectivity index (χ2v) is 7.93. The molecule has 0 spiro atoms. The zero-order valence-electron chi connectivity index (χ0n) is 14.7. The van der Waals surface area contributed by atoms with E-state index in [4.69, 9.17) is 27.9 Å². The second-order valence-electron chi connectivity index (χ2n) is 6.20. The molecule has 0 saturated heterocycles. The van der Waals surface area contributed by atoms with E-state index in [1.807, 2.05) is 30.3 Å². The maximum Gasteiger partial charge on any atom is 0.124 e. The standard InChI is InChI=1S/C22H20BrCl2NO/c23-19-7-9-22(27-15-17-6-8-20(24)21(25)12-17)18(13-19)14-26-11-10-16-4-2-1-3-5-16/h1-9,12-13,26H,10-11,14-15H2. The van der Waals surface area contributed by atoms with Gasteiger partial charge >= 0.3 is 0 Å². The van der Waals surface area contributed by atoms with Gasteiger partial charge < -0.3 is 10.1 Å². The predicted molar refractivity (Wildman–Crippen MR) is 117 cm³/mol. The van der Waals surface area contributed by atoms with Crippen LogP contribution < -0.4 is 10.1 Å². The Kier molecular flexibility index (Phi) is 7.59. The van der Waals surface area contributed by atoms with E-state index in [1.54, 1.807) is 6.07 Å². The van der Waals surface area contributed by atoms with E-state index in [0.717, 1.165) is 40.9 Å².